The first kappa shape index (κ1) is 16.3. The van der Waals surface area contributed by atoms with Gasteiger partial charge in [0.05, 0.1) is 20.3 Å². The fourth-order valence-electron chi connectivity index (χ4n) is 3.30. The number of ether oxygens (including phenoxy) is 2. The molecule has 0 radical (unpaired) electrons. The normalized spacial score (nSPS) is 19.7. The Labute approximate surface area is 138 Å². The Bertz CT molecular complexity index is 561. The first-order valence-corrected chi connectivity index (χ1v) is 8.39. The summed E-state index contributed by atoms with van der Waals surface area (Å²) >= 11 is 0. The number of carbonyl (C=O) groups is 1. The van der Waals surface area contributed by atoms with E-state index in [-0.39, 0.29) is 5.91 Å². The van der Waals surface area contributed by atoms with Gasteiger partial charge in [0.1, 0.15) is 5.75 Å². The van der Waals surface area contributed by atoms with E-state index in [0.29, 0.717) is 17.5 Å². The van der Waals surface area contributed by atoms with Gasteiger partial charge in [0, 0.05) is 37.8 Å². The second-order valence-electron chi connectivity index (χ2n) is 6.62. The number of hydrogen-bond acceptors (Lipinski definition) is 4. The highest BCUT2D eigenvalue weighted by Crippen LogP contribution is 2.28. The summed E-state index contributed by atoms with van der Waals surface area (Å²) in [6.45, 7) is 9.44. The number of hydrogen-bond donors (Lipinski definition) is 0. The van der Waals surface area contributed by atoms with Crippen molar-refractivity contribution in [2.75, 3.05) is 46.5 Å². The topological polar surface area (TPSA) is 42.0 Å². The third-order valence-electron chi connectivity index (χ3n) is 4.81. The van der Waals surface area contributed by atoms with E-state index in [1.807, 2.05) is 23.1 Å². The monoisotopic (exact) mass is 318 g/mol. The summed E-state index contributed by atoms with van der Waals surface area (Å²) in [5.41, 5.74) is 1.85. The number of nitrogens with zero attached hydrogens (tertiary/aromatic N) is 2. The second kappa shape index (κ2) is 6.89. The second-order valence-corrected chi connectivity index (χ2v) is 6.62. The molecule has 2 aliphatic rings. The van der Waals surface area contributed by atoms with Gasteiger partial charge in [0.25, 0.3) is 5.91 Å². The molecule has 3 rings (SSSR count). The molecule has 0 atom stereocenters. The maximum atomic E-state index is 12.6. The van der Waals surface area contributed by atoms with Gasteiger partial charge in [-0.2, -0.15) is 0 Å². The summed E-state index contributed by atoms with van der Waals surface area (Å²) in [4.78, 5) is 17.0. The number of morpholine rings is 1. The summed E-state index contributed by atoms with van der Waals surface area (Å²) < 4.78 is 10.8. The van der Waals surface area contributed by atoms with Crippen LogP contribution in [0.4, 0.5) is 0 Å². The molecule has 2 saturated heterocycles. The average Bonchev–Trinajstić information content (AvgIpc) is 2.53. The highest BCUT2D eigenvalue weighted by molar-refractivity contribution is 5.95. The van der Waals surface area contributed by atoms with Crippen molar-refractivity contribution in [1.29, 1.82) is 0 Å². The predicted octanol–water partition coefficient (Wildman–Crippen LogP) is 1.98. The zero-order chi connectivity index (χ0) is 16.4. The Kier molecular flexibility index (Phi) is 4.87. The largest absolute Gasteiger partial charge is 0.496 e. The van der Waals surface area contributed by atoms with Crippen LogP contribution in [0.2, 0.25) is 0 Å². The quantitative estimate of drug-likeness (QED) is 0.851. The lowest BCUT2D eigenvalue weighted by atomic mass is 9.98. The van der Waals surface area contributed by atoms with Gasteiger partial charge in [-0.05, 0) is 23.6 Å². The Balaban J connectivity index is 1.63. The molecule has 1 aromatic carbocycles. The van der Waals surface area contributed by atoms with E-state index in [1.54, 1.807) is 7.11 Å². The molecule has 0 unspecified atom stereocenters. The van der Waals surface area contributed by atoms with Crippen LogP contribution in [0.3, 0.4) is 0 Å². The van der Waals surface area contributed by atoms with E-state index in [1.165, 1.54) is 0 Å². The molecule has 23 heavy (non-hydrogen) atoms. The van der Waals surface area contributed by atoms with Crippen molar-refractivity contribution in [3.63, 3.8) is 0 Å². The summed E-state index contributed by atoms with van der Waals surface area (Å²) in [7, 11) is 1.66. The van der Waals surface area contributed by atoms with Crippen LogP contribution in [0.5, 0.6) is 5.75 Å². The molecule has 0 bridgehead atoms. The van der Waals surface area contributed by atoms with E-state index in [4.69, 9.17) is 9.47 Å². The Morgan fingerprint density at radius 3 is 2.57 bits per heavy atom. The van der Waals surface area contributed by atoms with Crippen LogP contribution in [0.1, 0.15) is 35.7 Å². The van der Waals surface area contributed by atoms with Gasteiger partial charge in [0.2, 0.25) is 0 Å². The van der Waals surface area contributed by atoms with E-state index >= 15 is 0 Å². The van der Waals surface area contributed by atoms with Crippen LogP contribution in [0, 0.1) is 0 Å². The molecule has 1 aromatic rings. The molecular formula is C18H26N2O3. The number of benzene rings is 1. The van der Waals surface area contributed by atoms with Crippen molar-refractivity contribution < 1.29 is 14.3 Å². The average molecular weight is 318 g/mol. The standard InChI is InChI=1S/C18H26N2O3/c1-13(2)16-5-4-14(10-17(16)22-3)18(21)20-11-15(12-20)19-6-8-23-9-7-19/h4-5,10,13,15H,6-9,11-12H2,1-3H3. The lowest BCUT2D eigenvalue weighted by Crippen LogP contribution is -2.62. The predicted molar refractivity (Wildman–Crippen MR) is 89.2 cm³/mol. The molecule has 1 amide bonds. The van der Waals surface area contributed by atoms with Crippen LogP contribution < -0.4 is 4.74 Å². The zero-order valence-corrected chi connectivity index (χ0v) is 14.2. The molecule has 0 aromatic heterocycles. The summed E-state index contributed by atoms with van der Waals surface area (Å²) in [6.07, 6.45) is 0. The van der Waals surface area contributed by atoms with Crippen molar-refractivity contribution in [3.8, 4) is 5.75 Å². The minimum Gasteiger partial charge on any atom is -0.496 e. The van der Waals surface area contributed by atoms with Gasteiger partial charge in [-0.15, -0.1) is 0 Å². The van der Waals surface area contributed by atoms with Gasteiger partial charge >= 0.3 is 0 Å². The Morgan fingerprint density at radius 2 is 1.96 bits per heavy atom. The Hall–Kier alpha value is -1.59. The SMILES string of the molecule is COc1cc(C(=O)N2CC(N3CCOCC3)C2)ccc1C(C)C. The van der Waals surface area contributed by atoms with Gasteiger partial charge in [-0.1, -0.05) is 19.9 Å². The van der Waals surface area contributed by atoms with E-state index < -0.39 is 0 Å². The molecule has 0 N–H and O–H groups in total. The first-order chi connectivity index (χ1) is 11.1. The maximum Gasteiger partial charge on any atom is 0.254 e. The van der Waals surface area contributed by atoms with Crippen molar-refractivity contribution in [2.45, 2.75) is 25.8 Å². The molecule has 0 saturated carbocycles. The van der Waals surface area contributed by atoms with Crippen molar-refractivity contribution in [1.82, 2.24) is 9.80 Å². The van der Waals surface area contributed by atoms with E-state index in [0.717, 1.165) is 50.7 Å². The van der Waals surface area contributed by atoms with Crippen molar-refractivity contribution in [3.05, 3.63) is 29.3 Å². The third kappa shape index (κ3) is 3.35. The van der Waals surface area contributed by atoms with E-state index in [2.05, 4.69) is 18.7 Å². The van der Waals surface area contributed by atoms with Crippen LogP contribution in [0.25, 0.3) is 0 Å². The van der Waals surface area contributed by atoms with Crippen LogP contribution >= 0.6 is 0 Å². The Morgan fingerprint density at radius 1 is 1.26 bits per heavy atom. The van der Waals surface area contributed by atoms with Crippen molar-refractivity contribution >= 4 is 5.91 Å². The van der Waals surface area contributed by atoms with Gasteiger partial charge < -0.3 is 14.4 Å². The fourth-order valence-corrected chi connectivity index (χ4v) is 3.30. The number of amides is 1. The molecule has 126 valence electrons. The summed E-state index contributed by atoms with van der Waals surface area (Å²) in [5.74, 6) is 1.28. The first-order valence-electron chi connectivity index (χ1n) is 8.39. The number of methoxy groups -OCH3 is 1. The molecule has 0 aliphatic carbocycles. The van der Waals surface area contributed by atoms with Gasteiger partial charge in [-0.3, -0.25) is 9.69 Å². The smallest absolute Gasteiger partial charge is 0.254 e. The highest BCUT2D eigenvalue weighted by Gasteiger charge is 2.35. The lowest BCUT2D eigenvalue weighted by Gasteiger charge is -2.46. The van der Waals surface area contributed by atoms with Crippen molar-refractivity contribution in [2.24, 2.45) is 0 Å². The van der Waals surface area contributed by atoms with Crippen LogP contribution in [-0.2, 0) is 4.74 Å². The minimum atomic E-state index is 0.100. The van der Waals surface area contributed by atoms with Gasteiger partial charge in [-0.25, -0.2) is 0 Å². The maximum absolute atomic E-state index is 12.6. The molecule has 5 heteroatoms. The summed E-state index contributed by atoms with van der Waals surface area (Å²) in [6, 6.07) is 6.29. The molecule has 2 fully saturated rings. The van der Waals surface area contributed by atoms with E-state index in [9.17, 15) is 4.79 Å². The summed E-state index contributed by atoms with van der Waals surface area (Å²) in [5, 5.41) is 0. The third-order valence-corrected chi connectivity index (χ3v) is 4.81. The van der Waals surface area contributed by atoms with Crippen LogP contribution in [-0.4, -0.2) is 68.3 Å². The number of rotatable bonds is 4. The minimum absolute atomic E-state index is 0.100. The molecule has 2 heterocycles. The number of carbonyl (C=O) groups excluding carboxylic acids is 1. The molecule has 2 aliphatic heterocycles. The molecule has 5 nitrogen and oxygen atoms in total. The number of likely N-dealkylation sites (tertiary alicyclic amines) is 1. The zero-order valence-electron chi connectivity index (χ0n) is 14.2. The lowest BCUT2D eigenvalue weighted by molar-refractivity contribution is -0.0256. The molecule has 0 spiro atoms. The van der Waals surface area contributed by atoms with Crippen LogP contribution in [0.15, 0.2) is 18.2 Å². The van der Waals surface area contributed by atoms with Gasteiger partial charge in [0.15, 0.2) is 0 Å². The fraction of sp³-hybridized carbons (Fsp3) is 0.611. The highest BCUT2D eigenvalue weighted by atomic mass is 16.5. The molecular weight excluding hydrogens is 292 g/mol.